The average molecular weight is 246 g/mol. The molecule has 0 aliphatic rings. The van der Waals surface area contributed by atoms with E-state index in [1.165, 1.54) is 18.2 Å². The van der Waals surface area contributed by atoms with Crippen LogP contribution < -0.4 is 5.32 Å². The maximum absolute atomic E-state index is 13.2. The van der Waals surface area contributed by atoms with Crippen LogP contribution in [0.5, 0.6) is 5.75 Å². The van der Waals surface area contributed by atoms with E-state index in [1.54, 1.807) is 6.20 Å². The van der Waals surface area contributed by atoms with Crippen molar-refractivity contribution in [2.45, 2.75) is 19.9 Å². The maximum Gasteiger partial charge on any atom is 0.123 e. The summed E-state index contributed by atoms with van der Waals surface area (Å²) in [5, 5.41) is 12.9. The number of nitrogens with one attached hydrogen (secondary N) is 1. The van der Waals surface area contributed by atoms with Gasteiger partial charge in [0.25, 0.3) is 0 Å². The Labute approximate surface area is 105 Å². The Bertz CT molecular complexity index is 557. The first-order chi connectivity index (χ1) is 8.58. The fraction of sp³-hybridized carbons (Fsp3) is 0.214. The summed E-state index contributed by atoms with van der Waals surface area (Å²) in [6.45, 7) is 3.75. The predicted molar refractivity (Wildman–Crippen MR) is 69.1 cm³/mol. The average Bonchev–Trinajstić information content (AvgIpc) is 2.35. The molecule has 2 N–H and O–H groups in total. The SMILES string of the molecule is Cc1ncccc1NC(C)c1cc(F)ccc1O. The van der Waals surface area contributed by atoms with Crippen molar-refractivity contribution in [2.75, 3.05) is 5.32 Å². The summed E-state index contributed by atoms with van der Waals surface area (Å²) in [6.07, 6.45) is 1.71. The van der Waals surface area contributed by atoms with Gasteiger partial charge in [-0.05, 0) is 44.2 Å². The number of hydrogen-bond donors (Lipinski definition) is 2. The van der Waals surface area contributed by atoms with Crippen molar-refractivity contribution in [1.82, 2.24) is 4.98 Å². The predicted octanol–water partition coefficient (Wildman–Crippen LogP) is 3.41. The summed E-state index contributed by atoms with van der Waals surface area (Å²) >= 11 is 0. The Morgan fingerprint density at radius 2 is 2.11 bits per heavy atom. The summed E-state index contributed by atoms with van der Waals surface area (Å²) < 4.78 is 13.2. The van der Waals surface area contributed by atoms with Crippen molar-refractivity contribution in [1.29, 1.82) is 0 Å². The fourth-order valence-electron chi connectivity index (χ4n) is 1.82. The van der Waals surface area contributed by atoms with Gasteiger partial charge in [-0.1, -0.05) is 0 Å². The van der Waals surface area contributed by atoms with Gasteiger partial charge in [0.2, 0.25) is 0 Å². The highest BCUT2D eigenvalue weighted by Gasteiger charge is 2.12. The van der Waals surface area contributed by atoms with E-state index in [4.69, 9.17) is 0 Å². The molecule has 2 aromatic rings. The number of aromatic nitrogens is 1. The molecule has 0 aliphatic carbocycles. The van der Waals surface area contributed by atoms with Crippen LogP contribution >= 0.6 is 0 Å². The highest BCUT2D eigenvalue weighted by Crippen LogP contribution is 2.28. The van der Waals surface area contributed by atoms with Gasteiger partial charge in [-0.2, -0.15) is 0 Å². The Balaban J connectivity index is 2.25. The zero-order chi connectivity index (χ0) is 13.1. The first-order valence-electron chi connectivity index (χ1n) is 5.74. The van der Waals surface area contributed by atoms with Crippen molar-refractivity contribution in [3.05, 3.63) is 53.6 Å². The van der Waals surface area contributed by atoms with Crippen LogP contribution in [-0.4, -0.2) is 10.1 Å². The van der Waals surface area contributed by atoms with Crippen LogP contribution in [0.1, 0.15) is 24.2 Å². The molecule has 1 atom stereocenters. The van der Waals surface area contributed by atoms with E-state index in [0.717, 1.165) is 11.4 Å². The second kappa shape index (κ2) is 5.04. The number of hydrogen-bond acceptors (Lipinski definition) is 3. The highest BCUT2D eigenvalue weighted by atomic mass is 19.1. The molecule has 4 heteroatoms. The van der Waals surface area contributed by atoms with E-state index in [-0.39, 0.29) is 17.6 Å². The molecule has 2 rings (SSSR count). The lowest BCUT2D eigenvalue weighted by molar-refractivity contribution is 0.462. The molecule has 0 amide bonds. The number of rotatable bonds is 3. The fourth-order valence-corrected chi connectivity index (χ4v) is 1.82. The van der Waals surface area contributed by atoms with Gasteiger partial charge in [0.1, 0.15) is 11.6 Å². The Kier molecular flexibility index (Phi) is 3.46. The summed E-state index contributed by atoms with van der Waals surface area (Å²) in [5.74, 6) is -0.280. The first-order valence-corrected chi connectivity index (χ1v) is 5.74. The molecule has 1 unspecified atom stereocenters. The van der Waals surface area contributed by atoms with Crippen LogP contribution in [0.15, 0.2) is 36.5 Å². The molecule has 0 spiro atoms. The van der Waals surface area contributed by atoms with Crippen LogP contribution in [0.4, 0.5) is 10.1 Å². The monoisotopic (exact) mass is 246 g/mol. The maximum atomic E-state index is 13.2. The Morgan fingerprint density at radius 3 is 2.83 bits per heavy atom. The van der Waals surface area contributed by atoms with Crippen molar-refractivity contribution < 1.29 is 9.50 Å². The van der Waals surface area contributed by atoms with E-state index in [0.29, 0.717) is 5.56 Å². The molecule has 0 saturated carbocycles. The second-order valence-corrected chi connectivity index (χ2v) is 4.21. The molecule has 3 nitrogen and oxygen atoms in total. The molecular formula is C14H15FN2O. The van der Waals surface area contributed by atoms with Crippen molar-refractivity contribution in [2.24, 2.45) is 0 Å². The summed E-state index contributed by atoms with van der Waals surface area (Å²) in [5.41, 5.74) is 2.26. The molecule has 0 fully saturated rings. The topological polar surface area (TPSA) is 45.2 Å². The first kappa shape index (κ1) is 12.4. The quantitative estimate of drug-likeness (QED) is 0.872. The molecule has 0 bridgehead atoms. The molecule has 0 radical (unpaired) electrons. The number of phenolic OH excluding ortho intramolecular Hbond substituents is 1. The number of aryl methyl sites for hydroxylation is 1. The van der Waals surface area contributed by atoms with Crippen molar-refractivity contribution >= 4 is 5.69 Å². The molecule has 0 saturated heterocycles. The molecule has 0 aliphatic heterocycles. The summed E-state index contributed by atoms with van der Waals surface area (Å²) in [6, 6.07) is 7.45. The van der Waals surface area contributed by atoms with E-state index < -0.39 is 0 Å². The van der Waals surface area contributed by atoms with Gasteiger partial charge < -0.3 is 10.4 Å². The lowest BCUT2D eigenvalue weighted by Gasteiger charge is -2.18. The van der Waals surface area contributed by atoms with Gasteiger partial charge in [0.05, 0.1) is 17.4 Å². The van der Waals surface area contributed by atoms with Gasteiger partial charge in [-0.15, -0.1) is 0 Å². The van der Waals surface area contributed by atoms with Crippen LogP contribution in [0, 0.1) is 12.7 Å². The molecule has 1 heterocycles. The van der Waals surface area contributed by atoms with Crippen LogP contribution in [0.25, 0.3) is 0 Å². The number of phenols is 1. The standard InChI is InChI=1S/C14H15FN2O/c1-9(12-8-11(15)5-6-14(12)18)17-13-4-3-7-16-10(13)2/h3-9,17-18H,1-2H3. The van der Waals surface area contributed by atoms with E-state index in [2.05, 4.69) is 10.3 Å². The number of nitrogens with zero attached hydrogens (tertiary/aromatic N) is 1. The van der Waals surface area contributed by atoms with Crippen molar-refractivity contribution in [3.8, 4) is 5.75 Å². The Morgan fingerprint density at radius 1 is 1.33 bits per heavy atom. The third-order valence-electron chi connectivity index (χ3n) is 2.84. The summed E-state index contributed by atoms with van der Waals surface area (Å²) in [7, 11) is 0. The van der Waals surface area contributed by atoms with E-state index in [9.17, 15) is 9.50 Å². The van der Waals surface area contributed by atoms with Gasteiger partial charge >= 0.3 is 0 Å². The third-order valence-corrected chi connectivity index (χ3v) is 2.84. The van der Waals surface area contributed by atoms with Crippen LogP contribution in [0.3, 0.4) is 0 Å². The summed E-state index contributed by atoms with van der Waals surface area (Å²) in [4.78, 5) is 4.17. The van der Waals surface area contributed by atoms with Gasteiger partial charge in [0.15, 0.2) is 0 Å². The normalized spacial score (nSPS) is 12.2. The second-order valence-electron chi connectivity index (χ2n) is 4.21. The minimum atomic E-state index is -0.362. The minimum Gasteiger partial charge on any atom is -0.508 e. The third kappa shape index (κ3) is 2.59. The van der Waals surface area contributed by atoms with E-state index >= 15 is 0 Å². The minimum absolute atomic E-state index is 0.0814. The van der Waals surface area contributed by atoms with Gasteiger partial charge in [-0.25, -0.2) is 4.39 Å². The van der Waals surface area contributed by atoms with Crippen LogP contribution in [0.2, 0.25) is 0 Å². The molecule has 94 valence electrons. The molecule has 1 aromatic carbocycles. The number of pyridine rings is 1. The lowest BCUT2D eigenvalue weighted by atomic mass is 10.1. The number of benzene rings is 1. The molecular weight excluding hydrogens is 231 g/mol. The van der Waals surface area contributed by atoms with Crippen molar-refractivity contribution in [3.63, 3.8) is 0 Å². The smallest absolute Gasteiger partial charge is 0.123 e. The molecule has 1 aromatic heterocycles. The van der Waals surface area contributed by atoms with Crippen LogP contribution in [-0.2, 0) is 0 Å². The zero-order valence-corrected chi connectivity index (χ0v) is 10.3. The molecule has 18 heavy (non-hydrogen) atoms. The lowest BCUT2D eigenvalue weighted by Crippen LogP contribution is -2.08. The highest BCUT2D eigenvalue weighted by molar-refractivity contribution is 5.50. The zero-order valence-electron chi connectivity index (χ0n) is 10.3. The Hall–Kier alpha value is -2.10. The largest absolute Gasteiger partial charge is 0.508 e. The van der Waals surface area contributed by atoms with Gasteiger partial charge in [-0.3, -0.25) is 4.98 Å². The number of halogens is 1. The number of aromatic hydroxyl groups is 1. The van der Waals surface area contributed by atoms with E-state index in [1.807, 2.05) is 26.0 Å². The number of anilines is 1. The van der Waals surface area contributed by atoms with Gasteiger partial charge in [0, 0.05) is 11.8 Å².